The average molecular weight is 512 g/mol. The zero-order chi connectivity index (χ0) is 26.5. The lowest BCUT2D eigenvalue weighted by Gasteiger charge is -2.48. The summed E-state index contributed by atoms with van der Waals surface area (Å²) >= 11 is 0. The smallest absolute Gasteiger partial charge is 0.407 e. The Morgan fingerprint density at radius 2 is 1.74 bits per heavy atom. The van der Waals surface area contributed by atoms with Crippen LogP contribution in [0.1, 0.15) is 43.2 Å². The molecular weight excluding hydrogens is 474 g/mol. The second kappa shape index (κ2) is 11.5. The normalized spacial score (nSPS) is 24.0. The number of anilines is 1. The van der Waals surface area contributed by atoms with Crippen LogP contribution in [0, 0.1) is 40.4 Å². The fourth-order valence-electron chi connectivity index (χ4n) is 7.17. The van der Waals surface area contributed by atoms with Gasteiger partial charge in [-0.25, -0.2) is 4.79 Å². The maximum absolute atomic E-state index is 12.1. The molecule has 3 fully saturated rings. The van der Waals surface area contributed by atoms with Gasteiger partial charge in [0.25, 0.3) is 0 Å². The quantitative estimate of drug-likeness (QED) is 0.580. The van der Waals surface area contributed by atoms with E-state index < -0.39 is 11.5 Å². The predicted molar refractivity (Wildman–Crippen MR) is 146 cm³/mol. The number of benzene rings is 2. The second-order valence-corrected chi connectivity index (χ2v) is 11.1. The first-order chi connectivity index (χ1) is 18.6. The number of hydrogen-bond donors (Lipinski definition) is 1. The number of methoxy groups -OCH3 is 1. The molecule has 2 heterocycles. The number of ether oxygens (including phenoxy) is 1. The Labute approximate surface area is 226 Å². The van der Waals surface area contributed by atoms with Crippen molar-refractivity contribution in [2.75, 3.05) is 44.7 Å². The summed E-state index contributed by atoms with van der Waals surface area (Å²) in [6.45, 7) is 5.16. The Kier molecular flexibility index (Phi) is 7.86. The van der Waals surface area contributed by atoms with Crippen LogP contribution in [0.3, 0.4) is 0 Å². The highest BCUT2D eigenvalue weighted by atomic mass is 16.5. The van der Waals surface area contributed by atoms with Crippen LogP contribution in [0.5, 0.6) is 0 Å². The van der Waals surface area contributed by atoms with Crippen LogP contribution in [0.2, 0.25) is 0 Å². The number of carbonyl (C=O) groups is 1. The van der Waals surface area contributed by atoms with E-state index in [1.54, 1.807) is 0 Å². The number of carbonyl (C=O) groups excluding carboxylic acids is 1. The molecule has 0 spiro atoms. The monoisotopic (exact) mass is 511 g/mol. The summed E-state index contributed by atoms with van der Waals surface area (Å²) in [5.74, 6) is 0.950. The van der Waals surface area contributed by atoms with Crippen LogP contribution in [0.25, 0.3) is 0 Å². The standard InChI is InChI=1S/C31H37N5O2/c1-38-30(37)34-29-9-5-8-28(29)31(22-33,25-6-3-2-4-7-25)26-14-16-35(17-15-26)19-24-20-36(21-24)27-12-10-23(18-32)11-13-27/h2-4,6-7,10-13,24,26,28-29H,5,8-9,14-17,19-21H2,1H3,(H,34,37)/t28-,29-,31?/m0/s1. The first kappa shape index (κ1) is 26.1. The lowest BCUT2D eigenvalue weighted by atomic mass is 9.59. The number of nitrogens with zero attached hydrogens (tertiary/aromatic N) is 4. The maximum Gasteiger partial charge on any atom is 0.407 e. The van der Waals surface area contributed by atoms with Crippen molar-refractivity contribution >= 4 is 11.8 Å². The third-order valence-electron chi connectivity index (χ3n) is 9.09. The number of alkyl carbamates (subject to hydrolysis) is 1. The summed E-state index contributed by atoms with van der Waals surface area (Å²) in [6.07, 6.45) is 4.38. The first-order valence-corrected chi connectivity index (χ1v) is 13.9. The molecule has 2 aromatic rings. The maximum atomic E-state index is 12.1. The van der Waals surface area contributed by atoms with Crippen molar-refractivity contribution in [3.05, 3.63) is 65.7 Å². The van der Waals surface area contributed by atoms with E-state index in [0.29, 0.717) is 11.5 Å². The van der Waals surface area contributed by atoms with E-state index in [0.717, 1.165) is 70.4 Å². The summed E-state index contributed by atoms with van der Waals surface area (Å²) in [5, 5.41) is 22.9. The van der Waals surface area contributed by atoms with E-state index in [2.05, 4.69) is 39.4 Å². The van der Waals surface area contributed by atoms with Crippen molar-refractivity contribution in [3.63, 3.8) is 0 Å². The molecule has 0 aromatic heterocycles. The van der Waals surface area contributed by atoms with Crippen LogP contribution >= 0.6 is 0 Å². The first-order valence-electron chi connectivity index (χ1n) is 13.9. The number of hydrogen-bond acceptors (Lipinski definition) is 6. The Morgan fingerprint density at radius 3 is 2.37 bits per heavy atom. The van der Waals surface area contributed by atoms with Gasteiger partial charge in [-0.2, -0.15) is 10.5 Å². The molecule has 7 heteroatoms. The molecule has 1 unspecified atom stereocenters. The number of likely N-dealkylation sites (tertiary alicyclic amines) is 1. The summed E-state index contributed by atoms with van der Waals surface area (Å²) in [4.78, 5) is 17.1. The van der Waals surface area contributed by atoms with Gasteiger partial charge in [-0.15, -0.1) is 0 Å². The van der Waals surface area contributed by atoms with Gasteiger partial charge in [0.1, 0.15) is 0 Å². The van der Waals surface area contributed by atoms with Gasteiger partial charge < -0.3 is 19.9 Å². The minimum Gasteiger partial charge on any atom is -0.453 e. The molecule has 198 valence electrons. The zero-order valence-electron chi connectivity index (χ0n) is 22.2. The van der Waals surface area contributed by atoms with Crippen LogP contribution in [0.15, 0.2) is 54.6 Å². The molecule has 1 saturated carbocycles. The number of amides is 1. The van der Waals surface area contributed by atoms with Gasteiger partial charge in [0, 0.05) is 43.2 Å². The van der Waals surface area contributed by atoms with E-state index in [4.69, 9.17) is 10.00 Å². The number of rotatable bonds is 7. The van der Waals surface area contributed by atoms with Crippen LogP contribution in [-0.4, -0.2) is 56.9 Å². The molecule has 38 heavy (non-hydrogen) atoms. The van der Waals surface area contributed by atoms with Crippen molar-refractivity contribution < 1.29 is 9.53 Å². The summed E-state index contributed by atoms with van der Waals surface area (Å²) < 4.78 is 4.92. The van der Waals surface area contributed by atoms with Crippen LogP contribution in [0.4, 0.5) is 10.5 Å². The van der Waals surface area contributed by atoms with Crippen molar-refractivity contribution in [3.8, 4) is 12.1 Å². The molecule has 2 aromatic carbocycles. The zero-order valence-corrected chi connectivity index (χ0v) is 22.2. The largest absolute Gasteiger partial charge is 0.453 e. The third kappa shape index (κ3) is 5.08. The molecule has 3 atom stereocenters. The molecule has 0 radical (unpaired) electrons. The fourth-order valence-corrected chi connectivity index (χ4v) is 7.17. The molecular formula is C31H37N5O2. The van der Waals surface area contributed by atoms with Crippen molar-refractivity contribution in [2.45, 2.75) is 43.6 Å². The van der Waals surface area contributed by atoms with E-state index in [1.165, 1.54) is 12.8 Å². The molecule has 3 aliphatic rings. The molecule has 2 saturated heterocycles. The highest BCUT2D eigenvalue weighted by molar-refractivity contribution is 5.67. The van der Waals surface area contributed by atoms with Gasteiger partial charge in [-0.1, -0.05) is 36.8 Å². The molecule has 2 aliphatic heterocycles. The number of nitriles is 2. The average Bonchev–Trinajstić information content (AvgIpc) is 3.41. The lowest BCUT2D eigenvalue weighted by Crippen LogP contribution is -2.55. The van der Waals surface area contributed by atoms with Crippen molar-refractivity contribution in [1.82, 2.24) is 10.2 Å². The SMILES string of the molecule is COC(=O)N[C@H]1CCC[C@@H]1C(C#N)(c1ccccc1)C1CCN(CC2CN(c3ccc(C#N)cc3)C2)CC1. The highest BCUT2D eigenvalue weighted by Gasteiger charge is 2.52. The number of nitrogens with one attached hydrogen (secondary N) is 1. The molecule has 1 amide bonds. The molecule has 5 rings (SSSR count). The van der Waals surface area contributed by atoms with Gasteiger partial charge in [0.05, 0.1) is 30.2 Å². The van der Waals surface area contributed by atoms with E-state index >= 15 is 0 Å². The van der Waals surface area contributed by atoms with Crippen LogP contribution in [-0.2, 0) is 10.2 Å². The Hall–Kier alpha value is -3.55. The summed E-state index contributed by atoms with van der Waals surface area (Å²) in [5.41, 5.74) is 2.34. The van der Waals surface area contributed by atoms with Gasteiger partial charge >= 0.3 is 6.09 Å². The van der Waals surface area contributed by atoms with Gasteiger partial charge in [-0.05, 0) is 74.5 Å². The van der Waals surface area contributed by atoms with E-state index in [9.17, 15) is 10.1 Å². The Bertz CT molecular complexity index is 1170. The van der Waals surface area contributed by atoms with Gasteiger partial charge in [0.2, 0.25) is 0 Å². The topological polar surface area (TPSA) is 92.4 Å². The van der Waals surface area contributed by atoms with E-state index in [-0.39, 0.29) is 17.9 Å². The van der Waals surface area contributed by atoms with Crippen molar-refractivity contribution in [2.24, 2.45) is 17.8 Å². The Balaban J connectivity index is 1.24. The Morgan fingerprint density at radius 1 is 1.03 bits per heavy atom. The molecule has 1 N–H and O–H groups in total. The molecule has 0 bridgehead atoms. The summed E-state index contributed by atoms with van der Waals surface area (Å²) in [6, 6.07) is 23.1. The predicted octanol–water partition coefficient (Wildman–Crippen LogP) is 4.69. The molecule has 7 nitrogen and oxygen atoms in total. The van der Waals surface area contributed by atoms with E-state index in [1.807, 2.05) is 42.5 Å². The minimum atomic E-state index is -0.627. The van der Waals surface area contributed by atoms with Crippen molar-refractivity contribution in [1.29, 1.82) is 10.5 Å². The summed E-state index contributed by atoms with van der Waals surface area (Å²) in [7, 11) is 1.40. The van der Waals surface area contributed by atoms with Crippen LogP contribution < -0.4 is 10.2 Å². The van der Waals surface area contributed by atoms with Gasteiger partial charge in [0.15, 0.2) is 0 Å². The van der Waals surface area contributed by atoms with Gasteiger partial charge in [-0.3, -0.25) is 0 Å². The third-order valence-corrected chi connectivity index (χ3v) is 9.09. The second-order valence-electron chi connectivity index (χ2n) is 11.1. The molecule has 1 aliphatic carbocycles. The highest BCUT2D eigenvalue weighted by Crippen LogP contribution is 2.50. The lowest BCUT2D eigenvalue weighted by molar-refractivity contribution is 0.0939. The fraction of sp³-hybridized carbons (Fsp3) is 0.516. The number of piperidine rings is 1. The minimum absolute atomic E-state index is 0.0523.